The smallest absolute Gasteiger partial charge is 0.315 e. The molecule has 1 heterocycles. The van der Waals surface area contributed by atoms with Gasteiger partial charge in [0, 0.05) is 51.7 Å². The Bertz CT molecular complexity index is 670. The van der Waals surface area contributed by atoms with E-state index in [1.807, 2.05) is 30.3 Å². The summed E-state index contributed by atoms with van der Waals surface area (Å²) in [6.45, 7) is 3.82. The Hall–Kier alpha value is -2.61. The van der Waals surface area contributed by atoms with E-state index < -0.39 is 0 Å². The summed E-state index contributed by atoms with van der Waals surface area (Å²) in [6, 6.07) is 9.77. The summed E-state index contributed by atoms with van der Waals surface area (Å²) in [5.74, 6) is 0.110. The van der Waals surface area contributed by atoms with E-state index in [4.69, 9.17) is 0 Å². The van der Waals surface area contributed by atoms with Crippen LogP contribution in [0, 0.1) is 0 Å². The van der Waals surface area contributed by atoms with E-state index in [1.165, 1.54) is 0 Å². The van der Waals surface area contributed by atoms with Crippen LogP contribution >= 0.6 is 0 Å². The number of piperazine rings is 1. The zero-order chi connectivity index (χ0) is 19.8. The number of benzene rings is 1. The molecule has 3 N–H and O–H groups in total. The van der Waals surface area contributed by atoms with Crippen molar-refractivity contribution in [3.05, 3.63) is 35.9 Å². The zero-order valence-electron chi connectivity index (χ0n) is 16.2. The molecule has 28 heavy (non-hydrogen) atoms. The molecule has 0 aromatic heterocycles. The fourth-order valence-corrected chi connectivity index (χ4v) is 3.14. The molecule has 0 radical (unpaired) electrons. The monoisotopic (exact) mass is 387 g/mol. The predicted octanol–water partition coefficient (Wildman–Crippen LogP) is 0.299. The molecule has 1 saturated heterocycles. The van der Waals surface area contributed by atoms with Crippen LogP contribution in [0.25, 0.3) is 0 Å². The Labute approximate surface area is 165 Å². The molecule has 8 nitrogen and oxygen atoms in total. The maximum Gasteiger partial charge on any atom is 0.315 e. The summed E-state index contributed by atoms with van der Waals surface area (Å²) in [7, 11) is 0. The summed E-state index contributed by atoms with van der Waals surface area (Å²) in [4.78, 5) is 39.8. The highest BCUT2D eigenvalue weighted by Crippen LogP contribution is 2.18. The van der Waals surface area contributed by atoms with Gasteiger partial charge in [0.25, 0.3) is 0 Å². The van der Waals surface area contributed by atoms with Gasteiger partial charge in [0.15, 0.2) is 0 Å². The van der Waals surface area contributed by atoms with Gasteiger partial charge >= 0.3 is 6.03 Å². The first kappa shape index (κ1) is 20.1. The highest BCUT2D eigenvalue weighted by Gasteiger charge is 2.26. The molecule has 152 valence electrons. The van der Waals surface area contributed by atoms with E-state index in [9.17, 15) is 14.4 Å². The number of hydrogen-bond donors (Lipinski definition) is 3. The number of rotatable bonds is 8. The zero-order valence-corrected chi connectivity index (χ0v) is 16.2. The van der Waals surface area contributed by atoms with Crippen molar-refractivity contribution >= 4 is 17.8 Å². The van der Waals surface area contributed by atoms with Crippen molar-refractivity contribution in [3.63, 3.8) is 0 Å². The average molecular weight is 387 g/mol. The normalized spacial score (nSPS) is 17.1. The summed E-state index contributed by atoms with van der Waals surface area (Å²) in [5.41, 5.74) is 1.03. The van der Waals surface area contributed by atoms with Crippen molar-refractivity contribution in [1.82, 2.24) is 25.8 Å². The van der Waals surface area contributed by atoms with Crippen molar-refractivity contribution in [1.29, 1.82) is 0 Å². The molecule has 8 heteroatoms. The second kappa shape index (κ2) is 10.1. The van der Waals surface area contributed by atoms with Gasteiger partial charge in [0.2, 0.25) is 11.8 Å². The fourth-order valence-electron chi connectivity index (χ4n) is 3.14. The lowest BCUT2D eigenvalue weighted by Crippen LogP contribution is -2.51. The van der Waals surface area contributed by atoms with Crippen LogP contribution in [0.5, 0.6) is 0 Å². The maximum absolute atomic E-state index is 12.3. The molecule has 1 aromatic carbocycles. The highest BCUT2D eigenvalue weighted by atomic mass is 16.2. The second-order valence-electron chi connectivity index (χ2n) is 7.34. The Kier molecular flexibility index (Phi) is 7.25. The molecule has 2 aliphatic rings. The molecule has 0 atom stereocenters. The highest BCUT2D eigenvalue weighted by molar-refractivity contribution is 5.79. The largest absolute Gasteiger partial charge is 0.352 e. The van der Waals surface area contributed by atoms with E-state index in [2.05, 4.69) is 20.9 Å². The first-order valence-electron chi connectivity index (χ1n) is 9.95. The van der Waals surface area contributed by atoms with Crippen LogP contribution in [0.1, 0.15) is 24.8 Å². The first-order chi connectivity index (χ1) is 13.6. The molecular weight excluding hydrogens is 358 g/mol. The molecule has 0 bridgehead atoms. The third-order valence-electron chi connectivity index (χ3n) is 4.95. The lowest BCUT2D eigenvalue weighted by Gasteiger charge is -2.34. The van der Waals surface area contributed by atoms with E-state index in [-0.39, 0.29) is 24.3 Å². The van der Waals surface area contributed by atoms with E-state index in [0.29, 0.717) is 51.9 Å². The van der Waals surface area contributed by atoms with Crippen molar-refractivity contribution in [2.75, 3.05) is 39.3 Å². The van der Waals surface area contributed by atoms with Gasteiger partial charge in [-0.15, -0.1) is 0 Å². The molecule has 2 fully saturated rings. The Balaban J connectivity index is 1.26. The first-order valence-corrected chi connectivity index (χ1v) is 9.95. The summed E-state index contributed by atoms with van der Waals surface area (Å²) in [6.07, 6.45) is 2.46. The van der Waals surface area contributed by atoms with E-state index >= 15 is 0 Å². The van der Waals surface area contributed by atoms with E-state index in [1.54, 1.807) is 4.90 Å². The van der Waals surface area contributed by atoms with Crippen molar-refractivity contribution in [2.45, 2.75) is 31.8 Å². The van der Waals surface area contributed by atoms with Crippen LogP contribution in [-0.4, -0.2) is 73.0 Å². The third kappa shape index (κ3) is 6.84. The Morgan fingerprint density at radius 1 is 0.964 bits per heavy atom. The molecule has 3 rings (SSSR count). The van der Waals surface area contributed by atoms with Gasteiger partial charge in [-0.1, -0.05) is 30.3 Å². The summed E-state index contributed by atoms with van der Waals surface area (Å²) < 4.78 is 0. The van der Waals surface area contributed by atoms with Crippen LogP contribution in [0.4, 0.5) is 4.79 Å². The third-order valence-corrected chi connectivity index (χ3v) is 4.95. The van der Waals surface area contributed by atoms with E-state index in [0.717, 1.165) is 18.4 Å². The summed E-state index contributed by atoms with van der Waals surface area (Å²) >= 11 is 0. The van der Waals surface area contributed by atoms with Crippen molar-refractivity contribution in [3.8, 4) is 0 Å². The minimum absolute atomic E-state index is 0.0328. The standard InChI is InChI=1S/C20H29N5O3/c26-18(23-17-6-7-17)15-24-10-12-25(13-11-24)19(27)8-9-21-20(28)22-14-16-4-2-1-3-5-16/h1-5,17H,6-15H2,(H,23,26)(H2,21,22,28). The molecule has 0 unspecified atom stereocenters. The van der Waals surface area contributed by atoms with Crippen molar-refractivity contribution in [2.24, 2.45) is 0 Å². The maximum atomic E-state index is 12.3. The fraction of sp³-hybridized carbons (Fsp3) is 0.550. The molecule has 1 aliphatic heterocycles. The lowest BCUT2D eigenvalue weighted by atomic mass is 10.2. The van der Waals surface area contributed by atoms with Gasteiger partial charge in [-0.3, -0.25) is 14.5 Å². The van der Waals surface area contributed by atoms with Gasteiger partial charge in [-0.2, -0.15) is 0 Å². The quantitative estimate of drug-likeness (QED) is 0.598. The SMILES string of the molecule is O=C(CN1CCN(C(=O)CCNC(=O)NCc2ccccc2)CC1)NC1CC1. The number of urea groups is 1. The van der Waals surface area contributed by atoms with Gasteiger partial charge in [-0.25, -0.2) is 4.79 Å². The van der Waals surface area contributed by atoms with Crippen LogP contribution < -0.4 is 16.0 Å². The predicted molar refractivity (Wildman–Crippen MR) is 105 cm³/mol. The van der Waals surface area contributed by atoms with Crippen LogP contribution in [0.3, 0.4) is 0 Å². The number of carbonyl (C=O) groups excluding carboxylic acids is 3. The Morgan fingerprint density at radius 3 is 2.36 bits per heavy atom. The minimum atomic E-state index is -0.275. The molecule has 0 spiro atoms. The number of nitrogens with zero attached hydrogens (tertiary/aromatic N) is 2. The second-order valence-corrected chi connectivity index (χ2v) is 7.34. The molecular formula is C20H29N5O3. The summed E-state index contributed by atoms with van der Waals surface area (Å²) in [5, 5.41) is 8.48. The minimum Gasteiger partial charge on any atom is -0.352 e. The molecule has 1 aromatic rings. The molecule has 1 saturated carbocycles. The van der Waals surface area contributed by atoms with Crippen LogP contribution in [0.15, 0.2) is 30.3 Å². The molecule has 4 amide bonds. The lowest BCUT2D eigenvalue weighted by molar-refractivity contribution is -0.133. The average Bonchev–Trinajstić information content (AvgIpc) is 3.51. The number of carbonyl (C=O) groups is 3. The van der Waals surface area contributed by atoms with Crippen molar-refractivity contribution < 1.29 is 14.4 Å². The van der Waals surface area contributed by atoms with Crippen LogP contribution in [-0.2, 0) is 16.1 Å². The van der Waals surface area contributed by atoms with Gasteiger partial charge in [0.05, 0.1) is 6.54 Å². The van der Waals surface area contributed by atoms with Gasteiger partial charge < -0.3 is 20.9 Å². The van der Waals surface area contributed by atoms with Gasteiger partial charge in [-0.05, 0) is 18.4 Å². The molecule has 1 aliphatic carbocycles. The number of nitrogens with one attached hydrogen (secondary N) is 3. The van der Waals surface area contributed by atoms with Gasteiger partial charge in [0.1, 0.15) is 0 Å². The number of amides is 4. The van der Waals surface area contributed by atoms with Crippen LogP contribution in [0.2, 0.25) is 0 Å². The number of hydrogen-bond acceptors (Lipinski definition) is 4. The Morgan fingerprint density at radius 2 is 1.68 bits per heavy atom. The topological polar surface area (TPSA) is 93.8 Å².